The molecule has 1 fully saturated rings. The predicted octanol–water partition coefficient (Wildman–Crippen LogP) is 1.04. The second-order valence-electron chi connectivity index (χ2n) is 5.84. The highest BCUT2D eigenvalue weighted by Gasteiger charge is 2.25. The molecule has 4 heteroatoms. The number of nitrogens with one attached hydrogen (secondary N) is 1. The summed E-state index contributed by atoms with van der Waals surface area (Å²) in [6.07, 6.45) is 1.65. The Morgan fingerprint density at radius 3 is 2.80 bits per heavy atom. The largest absolute Gasteiger partial charge is 0.340 e. The number of rotatable bonds is 2. The van der Waals surface area contributed by atoms with Gasteiger partial charge in [-0.3, -0.25) is 4.79 Å². The van der Waals surface area contributed by atoms with Gasteiger partial charge in [0, 0.05) is 38.6 Å². The second-order valence-corrected chi connectivity index (χ2v) is 5.84. The number of carbonyl (C=O) groups excluding carboxylic acids is 1. The maximum absolute atomic E-state index is 12.5. The molecule has 0 bridgehead atoms. The minimum absolute atomic E-state index is 0.187. The molecule has 1 amide bonds. The highest BCUT2D eigenvalue weighted by atomic mass is 16.2. The Labute approximate surface area is 120 Å². The summed E-state index contributed by atoms with van der Waals surface area (Å²) in [5, 5.41) is 3.50. The van der Waals surface area contributed by atoms with Crippen LogP contribution in [0.4, 0.5) is 0 Å². The number of fused-ring (bicyclic) bond motifs is 1. The Balaban J connectivity index is 1.65. The average molecular weight is 273 g/mol. The van der Waals surface area contributed by atoms with E-state index in [1.807, 2.05) is 4.90 Å². The zero-order valence-corrected chi connectivity index (χ0v) is 12.1. The minimum atomic E-state index is 0.187. The number of hydrogen-bond donors (Lipinski definition) is 1. The molecule has 108 valence electrons. The van der Waals surface area contributed by atoms with Gasteiger partial charge in [0.2, 0.25) is 5.91 Å². The van der Waals surface area contributed by atoms with Gasteiger partial charge in [-0.1, -0.05) is 24.3 Å². The molecule has 1 aromatic carbocycles. The second kappa shape index (κ2) is 5.94. The molecule has 0 spiro atoms. The van der Waals surface area contributed by atoms with E-state index in [4.69, 9.17) is 0 Å². The quantitative estimate of drug-likeness (QED) is 0.874. The highest BCUT2D eigenvalue weighted by Crippen LogP contribution is 2.25. The molecule has 0 aliphatic carbocycles. The third kappa shape index (κ3) is 2.86. The van der Waals surface area contributed by atoms with E-state index < -0.39 is 0 Å². The summed E-state index contributed by atoms with van der Waals surface area (Å²) in [6, 6.07) is 8.68. The van der Waals surface area contributed by atoms with Crippen molar-refractivity contribution in [3.63, 3.8) is 0 Å². The number of hydrogen-bond acceptors (Lipinski definition) is 3. The van der Waals surface area contributed by atoms with Crippen LogP contribution >= 0.6 is 0 Å². The van der Waals surface area contributed by atoms with Crippen LogP contribution in [-0.2, 0) is 11.2 Å². The van der Waals surface area contributed by atoms with Crippen molar-refractivity contribution in [2.24, 2.45) is 0 Å². The van der Waals surface area contributed by atoms with Crippen molar-refractivity contribution < 1.29 is 4.79 Å². The number of carbonyl (C=O) groups is 1. The Morgan fingerprint density at radius 2 is 2.00 bits per heavy atom. The highest BCUT2D eigenvalue weighted by molar-refractivity contribution is 5.77. The molecule has 20 heavy (non-hydrogen) atoms. The van der Waals surface area contributed by atoms with Crippen molar-refractivity contribution in [3.05, 3.63) is 35.4 Å². The molecule has 0 aromatic heterocycles. The number of benzene rings is 1. The van der Waals surface area contributed by atoms with Crippen LogP contribution in [0.15, 0.2) is 24.3 Å². The fourth-order valence-electron chi connectivity index (χ4n) is 3.13. The van der Waals surface area contributed by atoms with Gasteiger partial charge in [-0.2, -0.15) is 0 Å². The van der Waals surface area contributed by atoms with Gasteiger partial charge in [-0.05, 0) is 31.1 Å². The summed E-state index contributed by atoms with van der Waals surface area (Å²) in [5.74, 6) is 0.285. The summed E-state index contributed by atoms with van der Waals surface area (Å²) in [4.78, 5) is 16.7. The van der Waals surface area contributed by atoms with Crippen molar-refractivity contribution in [2.75, 3.05) is 39.8 Å². The van der Waals surface area contributed by atoms with E-state index in [0.29, 0.717) is 6.42 Å². The van der Waals surface area contributed by atoms with E-state index in [2.05, 4.69) is 41.5 Å². The zero-order valence-electron chi connectivity index (χ0n) is 12.1. The van der Waals surface area contributed by atoms with E-state index in [9.17, 15) is 4.79 Å². The lowest BCUT2D eigenvalue weighted by atomic mass is 9.92. The average Bonchev–Trinajstić information content (AvgIpc) is 2.48. The molecular formula is C16H23N3O. The lowest BCUT2D eigenvalue weighted by Gasteiger charge is -2.34. The smallest absolute Gasteiger partial charge is 0.224 e. The molecular weight excluding hydrogens is 250 g/mol. The first-order chi connectivity index (χ1) is 9.74. The lowest BCUT2D eigenvalue weighted by molar-refractivity contribution is -0.133. The Hall–Kier alpha value is -1.39. The summed E-state index contributed by atoms with van der Waals surface area (Å²) in [5.41, 5.74) is 2.70. The molecule has 4 nitrogen and oxygen atoms in total. The van der Waals surface area contributed by atoms with Crippen LogP contribution in [0.3, 0.4) is 0 Å². The van der Waals surface area contributed by atoms with E-state index >= 15 is 0 Å². The van der Waals surface area contributed by atoms with Gasteiger partial charge in [0.05, 0.1) is 0 Å². The van der Waals surface area contributed by atoms with Crippen molar-refractivity contribution in [1.29, 1.82) is 0 Å². The summed E-state index contributed by atoms with van der Waals surface area (Å²) in [6.45, 7) is 4.67. The molecule has 1 unspecified atom stereocenters. The summed E-state index contributed by atoms with van der Waals surface area (Å²) in [7, 11) is 2.11. The Morgan fingerprint density at radius 1 is 1.25 bits per heavy atom. The summed E-state index contributed by atoms with van der Waals surface area (Å²) >= 11 is 0. The van der Waals surface area contributed by atoms with Gasteiger partial charge in [0.1, 0.15) is 0 Å². The van der Waals surface area contributed by atoms with Crippen LogP contribution in [0, 0.1) is 0 Å². The van der Waals surface area contributed by atoms with Crippen molar-refractivity contribution in [3.8, 4) is 0 Å². The topological polar surface area (TPSA) is 35.6 Å². The van der Waals surface area contributed by atoms with Crippen LogP contribution < -0.4 is 5.32 Å². The lowest BCUT2D eigenvalue weighted by Crippen LogP contribution is -2.48. The van der Waals surface area contributed by atoms with Crippen LogP contribution in [0.2, 0.25) is 0 Å². The Kier molecular flexibility index (Phi) is 4.03. The standard InChI is InChI=1S/C16H23N3O/c1-18-8-10-19(11-9-18)16(20)12-15-14-5-3-2-4-13(14)6-7-17-15/h2-5,15,17H,6-12H2,1H3. The monoisotopic (exact) mass is 273 g/mol. The van der Waals surface area contributed by atoms with Crippen LogP contribution in [-0.4, -0.2) is 55.5 Å². The zero-order chi connectivity index (χ0) is 13.9. The van der Waals surface area contributed by atoms with Gasteiger partial charge in [-0.15, -0.1) is 0 Å². The van der Waals surface area contributed by atoms with Crippen LogP contribution in [0.25, 0.3) is 0 Å². The van der Waals surface area contributed by atoms with E-state index in [1.54, 1.807) is 0 Å². The number of amides is 1. The molecule has 1 aromatic rings. The fraction of sp³-hybridized carbons (Fsp3) is 0.562. The first-order valence-corrected chi connectivity index (χ1v) is 7.51. The van der Waals surface area contributed by atoms with E-state index in [-0.39, 0.29) is 11.9 Å². The molecule has 3 rings (SSSR count). The first-order valence-electron chi connectivity index (χ1n) is 7.51. The third-order valence-corrected chi connectivity index (χ3v) is 4.45. The maximum atomic E-state index is 12.5. The Bertz CT molecular complexity index is 480. The molecule has 2 aliphatic heterocycles. The van der Waals surface area contributed by atoms with Crippen LogP contribution in [0.1, 0.15) is 23.6 Å². The molecule has 2 heterocycles. The number of likely N-dealkylation sites (N-methyl/N-ethyl adjacent to an activating group) is 1. The van der Waals surface area contributed by atoms with Gasteiger partial charge in [-0.25, -0.2) is 0 Å². The maximum Gasteiger partial charge on any atom is 0.224 e. The van der Waals surface area contributed by atoms with Gasteiger partial charge < -0.3 is 15.1 Å². The molecule has 0 saturated carbocycles. The van der Waals surface area contributed by atoms with Gasteiger partial charge in [0.25, 0.3) is 0 Å². The normalized spacial score (nSPS) is 23.4. The number of piperazine rings is 1. The molecule has 1 N–H and O–H groups in total. The molecule has 1 atom stereocenters. The predicted molar refractivity (Wildman–Crippen MR) is 79.6 cm³/mol. The first kappa shape index (κ1) is 13.6. The van der Waals surface area contributed by atoms with E-state index in [0.717, 1.165) is 39.1 Å². The molecule has 0 radical (unpaired) electrons. The van der Waals surface area contributed by atoms with Crippen molar-refractivity contribution >= 4 is 5.91 Å². The minimum Gasteiger partial charge on any atom is -0.340 e. The fourth-order valence-corrected chi connectivity index (χ4v) is 3.13. The number of nitrogens with zero attached hydrogens (tertiary/aromatic N) is 2. The van der Waals surface area contributed by atoms with Crippen LogP contribution in [0.5, 0.6) is 0 Å². The van der Waals surface area contributed by atoms with Crippen molar-refractivity contribution in [1.82, 2.24) is 15.1 Å². The SMILES string of the molecule is CN1CCN(C(=O)CC2NCCc3ccccc32)CC1. The molecule has 1 saturated heterocycles. The molecule has 2 aliphatic rings. The van der Waals surface area contributed by atoms with E-state index in [1.165, 1.54) is 11.1 Å². The third-order valence-electron chi connectivity index (χ3n) is 4.45. The van der Waals surface area contributed by atoms with Gasteiger partial charge in [0.15, 0.2) is 0 Å². The van der Waals surface area contributed by atoms with Crippen molar-refractivity contribution in [2.45, 2.75) is 18.9 Å². The summed E-state index contributed by atoms with van der Waals surface area (Å²) < 4.78 is 0. The van der Waals surface area contributed by atoms with Gasteiger partial charge >= 0.3 is 0 Å².